The monoisotopic (exact) mass is 527 g/mol. The third kappa shape index (κ3) is 4.26. The van der Waals surface area contributed by atoms with Gasteiger partial charge in [-0.15, -0.1) is 0 Å². The zero-order chi connectivity index (χ0) is 26.4. The summed E-state index contributed by atoms with van der Waals surface area (Å²) in [6.45, 7) is 3.63. The van der Waals surface area contributed by atoms with Crippen LogP contribution < -0.4 is 20.9 Å². The van der Waals surface area contributed by atoms with E-state index in [4.69, 9.17) is 21.3 Å². The molecular formula is C29H26ClN5O3. The predicted molar refractivity (Wildman–Crippen MR) is 149 cm³/mol. The van der Waals surface area contributed by atoms with Gasteiger partial charge >= 0.3 is 5.69 Å². The number of para-hydroxylation sites is 1. The molecule has 38 heavy (non-hydrogen) atoms. The summed E-state index contributed by atoms with van der Waals surface area (Å²) in [5, 5.41) is 0.555. The van der Waals surface area contributed by atoms with E-state index in [2.05, 4.69) is 11.8 Å². The number of hydrogen-bond acceptors (Lipinski definition) is 5. The van der Waals surface area contributed by atoms with E-state index < -0.39 is 5.69 Å². The number of aromatic nitrogens is 4. The van der Waals surface area contributed by atoms with Crippen LogP contribution in [0.15, 0.2) is 88.5 Å². The van der Waals surface area contributed by atoms with Crippen molar-refractivity contribution in [2.24, 2.45) is 13.0 Å². The van der Waals surface area contributed by atoms with Gasteiger partial charge in [0.25, 0.3) is 5.56 Å². The van der Waals surface area contributed by atoms with Crippen LogP contribution in [0.2, 0.25) is 5.02 Å². The topological polar surface area (TPSA) is 74.3 Å². The van der Waals surface area contributed by atoms with Crippen LogP contribution in [0, 0.1) is 5.92 Å². The smallest absolute Gasteiger partial charge is 0.332 e. The first-order valence-electron chi connectivity index (χ1n) is 12.4. The van der Waals surface area contributed by atoms with Crippen molar-refractivity contribution < 1.29 is 4.74 Å². The maximum absolute atomic E-state index is 13.7. The minimum absolute atomic E-state index is 0.130. The van der Waals surface area contributed by atoms with E-state index >= 15 is 0 Å². The van der Waals surface area contributed by atoms with Gasteiger partial charge in [-0.3, -0.25) is 13.9 Å². The molecule has 0 amide bonds. The third-order valence-electron chi connectivity index (χ3n) is 6.80. The highest BCUT2D eigenvalue weighted by atomic mass is 35.5. The number of hydrogen-bond donors (Lipinski definition) is 0. The van der Waals surface area contributed by atoms with E-state index in [9.17, 15) is 9.59 Å². The molecule has 2 aromatic heterocycles. The summed E-state index contributed by atoms with van der Waals surface area (Å²) in [5.41, 5.74) is 1.73. The zero-order valence-corrected chi connectivity index (χ0v) is 21.8. The molecule has 0 fully saturated rings. The van der Waals surface area contributed by atoms with Crippen LogP contribution in [0.1, 0.15) is 12.5 Å². The summed E-state index contributed by atoms with van der Waals surface area (Å²) in [5.74, 6) is 2.38. The van der Waals surface area contributed by atoms with Crippen molar-refractivity contribution in [1.82, 2.24) is 18.7 Å². The highest BCUT2D eigenvalue weighted by Crippen LogP contribution is 2.34. The van der Waals surface area contributed by atoms with Gasteiger partial charge in [0.15, 0.2) is 11.2 Å². The molecule has 6 rings (SSSR count). The average Bonchev–Trinajstić information content (AvgIpc) is 3.30. The van der Waals surface area contributed by atoms with Gasteiger partial charge in [0.05, 0.1) is 6.54 Å². The van der Waals surface area contributed by atoms with Crippen molar-refractivity contribution >= 4 is 34.4 Å². The second-order valence-corrected chi connectivity index (χ2v) is 10.1. The Balaban J connectivity index is 1.41. The van der Waals surface area contributed by atoms with Gasteiger partial charge in [0.2, 0.25) is 5.95 Å². The van der Waals surface area contributed by atoms with Crippen LogP contribution in [-0.4, -0.2) is 25.2 Å². The summed E-state index contributed by atoms with van der Waals surface area (Å²) < 4.78 is 10.6. The lowest BCUT2D eigenvalue weighted by Gasteiger charge is -2.33. The summed E-state index contributed by atoms with van der Waals surface area (Å²) in [6.07, 6.45) is 0. The minimum atomic E-state index is -0.417. The van der Waals surface area contributed by atoms with Crippen molar-refractivity contribution in [2.45, 2.75) is 20.0 Å². The van der Waals surface area contributed by atoms with Gasteiger partial charge in [-0.25, -0.2) is 4.79 Å². The number of rotatable bonds is 5. The number of nitrogens with zero attached hydrogens (tertiary/aromatic N) is 5. The largest absolute Gasteiger partial charge is 0.457 e. The summed E-state index contributed by atoms with van der Waals surface area (Å²) >= 11 is 6.14. The number of halogens is 1. The highest BCUT2D eigenvalue weighted by molar-refractivity contribution is 6.30. The molecule has 0 N–H and O–H groups in total. The van der Waals surface area contributed by atoms with Gasteiger partial charge in [0, 0.05) is 30.8 Å². The molecular weight excluding hydrogens is 502 g/mol. The Morgan fingerprint density at radius 1 is 0.947 bits per heavy atom. The Morgan fingerprint density at radius 3 is 2.42 bits per heavy atom. The van der Waals surface area contributed by atoms with Crippen LogP contribution in [0.4, 0.5) is 11.6 Å². The minimum Gasteiger partial charge on any atom is -0.457 e. The summed E-state index contributed by atoms with van der Waals surface area (Å²) in [6, 6.07) is 24.6. The fourth-order valence-corrected chi connectivity index (χ4v) is 5.21. The Morgan fingerprint density at radius 2 is 1.68 bits per heavy atom. The lowest BCUT2D eigenvalue weighted by atomic mass is 10.1. The predicted octanol–water partition coefficient (Wildman–Crippen LogP) is 5.18. The van der Waals surface area contributed by atoms with Crippen LogP contribution in [0.5, 0.6) is 11.5 Å². The molecule has 3 aromatic carbocycles. The molecule has 192 valence electrons. The molecule has 1 atom stereocenters. The number of imidazole rings is 1. The second kappa shape index (κ2) is 9.54. The molecule has 8 nitrogen and oxygen atoms in total. The number of ether oxygens (including phenoxy) is 1. The number of anilines is 2. The molecule has 5 aromatic rings. The summed E-state index contributed by atoms with van der Waals surface area (Å²) in [7, 11) is 1.65. The molecule has 0 saturated heterocycles. The van der Waals surface area contributed by atoms with E-state index in [1.54, 1.807) is 19.2 Å². The number of fused-ring (bicyclic) bond motifs is 3. The van der Waals surface area contributed by atoms with Crippen molar-refractivity contribution in [2.75, 3.05) is 11.4 Å². The molecule has 0 radical (unpaired) electrons. The van der Waals surface area contributed by atoms with Gasteiger partial charge in [0.1, 0.15) is 11.5 Å². The van der Waals surface area contributed by atoms with Crippen molar-refractivity contribution in [1.29, 1.82) is 0 Å². The Bertz CT molecular complexity index is 1760. The maximum atomic E-state index is 13.7. The third-order valence-corrected chi connectivity index (χ3v) is 7.03. The van der Waals surface area contributed by atoms with Gasteiger partial charge in [-0.1, -0.05) is 48.9 Å². The molecule has 0 saturated carbocycles. The lowest BCUT2D eigenvalue weighted by molar-refractivity contribution is 0.457. The first-order valence-corrected chi connectivity index (χ1v) is 12.8. The molecule has 9 heteroatoms. The van der Waals surface area contributed by atoms with Gasteiger partial charge < -0.3 is 14.2 Å². The Kier molecular flexibility index (Phi) is 6.04. The number of aryl methyl sites for hydroxylation is 1. The molecule has 1 aliphatic rings. The standard InChI is InChI=1S/C29H26ClN5O3/c1-19-16-33(22-11-13-24(14-12-22)38-23-9-4-3-5-10-23)28-31-26-25(34(28)17-19)27(36)35(29(37)32(26)2)18-20-7-6-8-21(30)15-20/h3-15,19H,16-18H2,1-2H3/t19-/m1/s1. The van der Waals surface area contributed by atoms with Crippen LogP contribution in [0.3, 0.4) is 0 Å². The molecule has 1 aliphatic heterocycles. The average molecular weight is 528 g/mol. The molecule has 0 unspecified atom stereocenters. The fourth-order valence-electron chi connectivity index (χ4n) is 5.00. The molecule has 0 aliphatic carbocycles. The van der Waals surface area contributed by atoms with E-state index in [1.165, 1.54) is 9.13 Å². The quantitative estimate of drug-likeness (QED) is 0.315. The Hall–Kier alpha value is -4.30. The zero-order valence-electron chi connectivity index (χ0n) is 21.0. The van der Waals surface area contributed by atoms with E-state index in [-0.39, 0.29) is 18.0 Å². The fraction of sp³-hybridized carbons (Fsp3) is 0.207. The molecule has 0 spiro atoms. The lowest BCUT2D eigenvalue weighted by Crippen LogP contribution is -2.40. The van der Waals surface area contributed by atoms with Crippen LogP contribution in [-0.2, 0) is 20.1 Å². The SMILES string of the molecule is C[C@@H]1CN(c2ccc(Oc3ccccc3)cc2)c2nc3c(c(=O)n(Cc4cccc(Cl)c4)c(=O)n3C)n2C1. The van der Waals surface area contributed by atoms with E-state index in [0.29, 0.717) is 28.7 Å². The first-order chi connectivity index (χ1) is 18.4. The van der Waals surface area contributed by atoms with Crippen molar-refractivity contribution in [3.8, 4) is 11.5 Å². The highest BCUT2D eigenvalue weighted by Gasteiger charge is 2.30. The second-order valence-electron chi connectivity index (χ2n) is 9.68. The van der Waals surface area contributed by atoms with Crippen LogP contribution in [0.25, 0.3) is 11.2 Å². The summed E-state index contributed by atoms with van der Waals surface area (Å²) in [4.78, 5) is 33.8. The molecule has 0 bridgehead atoms. The Labute approximate surface area is 223 Å². The van der Waals surface area contributed by atoms with E-state index in [0.717, 1.165) is 29.3 Å². The van der Waals surface area contributed by atoms with Crippen molar-refractivity contribution in [3.05, 3.63) is 110 Å². The van der Waals surface area contributed by atoms with Gasteiger partial charge in [-0.05, 0) is 60.0 Å². The van der Waals surface area contributed by atoms with E-state index in [1.807, 2.05) is 71.3 Å². The normalized spacial score (nSPS) is 15.0. The first kappa shape index (κ1) is 24.1. The van der Waals surface area contributed by atoms with Crippen LogP contribution >= 0.6 is 11.6 Å². The van der Waals surface area contributed by atoms with Gasteiger partial charge in [-0.2, -0.15) is 4.98 Å². The van der Waals surface area contributed by atoms with Crippen molar-refractivity contribution in [3.63, 3.8) is 0 Å². The number of benzene rings is 3. The maximum Gasteiger partial charge on any atom is 0.332 e. The molecule has 3 heterocycles.